The highest BCUT2D eigenvalue weighted by atomic mass is 16.7. The molecule has 0 spiro atoms. The molecule has 0 radical (unpaired) electrons. The first-order chi connectivity index (χ1) is 17.5. The van der Waals surface area contributed by atoms with Crippen LogP contribution in [-0.2, 0) is 9.59 Å². The lowest BCUT2D eigenvalue weighted by Crippen LogP contribution is -2.57. The average molecular weight is 476 g/mol. The molecule has 4 aromatic carbocycles. The van der Waals surface area contributed by atoms with Crippen LogP contribution in [0.5, 0.6) is 11.5 Å². The lowest BCUT2D eigenvalue weighted by atomic mass is 10.0. The molecule has 2 aliphatic heterocycles. The van der Waals surface area contributed by atoms with Crippen molar-refractivity contribution in [1.82, 2.24) is 0 Å². The largest absolute Gasteiger partial charge is 0.454 e. The number of hydrogen-bond donors (Lipinski definition) is 0. The number of urea groups is 1. The molecule has 176 valence electrons. The van der Waals surface area contributed by atoms with Gasteiger partial charge >= 0.3 is 6.03 Å². The van der Waals surface area contributed by atoms with Gasteiger partial charge in [-0.25, -0.2) is 14.6 Å². The summed E-state index contributed by atoms with van der Waals surface area (Å²) in [6.07, 6.45) is 1.48. The minimum absolute atomic E-state index is 0.109. The standard InChI is InChI=1S/C29H20N2O5/c1-18-9-12-21(13-10-18)30-27(32)23(15-19-11-14-25-26(16-19)36-17-35-25)28(33)31(29(30)34)24-8-4-6-20-5-2-3-7-22(20)24/h2-16H,17H2,1H3. The molecule has 7 heteroatoms. The zero-order valence-electron chi connectivity index (χ0n) is 19.3. The van der Waals surface area contributed by atoms with E-state index in [0.717, 1.165) is 26.1 Å². The minimum Gasteiger partial charge on any atom is -0.454 e. The van der Waals surface area contributed by atoms with Gasteiger partial charge in [-0.05, 0) is 54.3 Å². The van der Waals surface area contributed by atoms with E-state index in [2.05, 4.69) is 0 Å². The zero-order chi connectivity index (χ0) is 24.8. The molecule has 0 saturated carbocycles. The Balaban J connectivity index is 1.53. The molecular formula is C29H20N2O5. The summed E-state index contributed by atoms with van der Waals surface area (Å²) in [5.74, 6) is -0.268. The van der Waals surface area contributed by atoms with Crippen LogP contribution in [0.4, 0.5) is 16.2 Å². The van der Waals surface area contributed by atoms with Gasteiger partial charge in [0.05, 0.1) is 11.4 Å². The van der Waals surface area contributed by atoms with E-state index < -0.39 is 17.8 Å². The number of anilines is 2. The Labute approximate surface area is 206 Å². The third-order valence-corrected chi connectivity index (χ3v) is 6.26. The maximum Gasteiger partial charge on any atom is 0.343 e. The fraction of sp³-hybridized carbons (Fsp3) is 0.0690. The van der Waals surface area contributed by atoms with Crippen molar-refractivity contribution in [3.8, 4) is 11.5 Å². The predicted octanol–water partition coefficient (Wildman–Crippen LogP) is 5.46. The molecule has 6 rings (SSSR count). The highest BCUT2D eigenvalue weighted by molar-refractivity contribution is 6.46. The summed E-state index contributed by atoms with van der Waals surface area (Å²) in [7, 11) is 0. The predicted molar refractivity (Wildman–Crippen MR) is 136 cm³/mol. The number of carbonyl (C=O) groups is 3. The first-order valence-corrected chi connectivity index (χ1v) is 11.4. The van der Waals surface area contributed by atoms with Crippen molar-refractivity contribution < 1.29 is 23.9 Å². The number of rotatable bonds is 3. The third kappa shape index (κ3) is 3.49. The van der Waals surface area contributed by atoms with Crippen LogP contribution < -0.4 is 19.3 Å². The summed E-state index contributed by atoms with van der Waals surface area (Å²) >= 11 is 0. The van der Waals surface area contributed by atoms with Gasteiger partial charge in [-0.3, -0.25) is 9.59 Å². The Hall–Kier alpha value is -4.91. The van der Waals surface area contributed by atoms with E-state index in [-0.39, 0.29) is 12.4 Å². The normalized spacial score (nSPS) is 16.4. The number of hydrogen-bond acceptors (Lipinski definition) is 5. The Bertz CT molecular complexity index is 1580. The maximum absolute atomic E-state index is 13.8. The molecule has 0 atom stereocenters. The topological polar surface area (TPSA) is 76.2 Å². The second-order valence-corrected chi connectivity index (χ2v) is 8.57. The number of amides is 4. The van der Waals surface area contributed by atoms with Crippen LogP contribution in [0.1, 0.15) is 11.1 Å². The minimum atomic E-state index is -0.729. The van der Waals surface area contributed by atoms with Crippen LogP contribution in [0.2, 0.25) is 0 Å². The maximum atomic E-state index is 13.8. The van der Waals surface area contributed by atoms with E-state index in [1.165, 1.54) is 6.08 Å². The average Bonchev–Trinajstić information content (AvgIpc) is 3.36. The molecular weight excluding hydrogens is 456 g/mol. The molecule has 2 aliphatic rings. The molecule has 4 amide bonds. The van der Waals surface area contributed by atoms with Crippen molar-refractivity contribution in [2.75, 3.05) is 16.6 Å². The van der Waals surface area contributed by atoms with Crippen LogP contribution in [0.25, 0.3) is 16.8 Å². The number of carbonyl (C=O) groups excluding carboxylic acids is 3. The molecule has 7 nitrogen and oxygen atoms in total. The van der Waals surface area contributed by atoms with Crippen LogP contribution in [0.15, 0.2) is 90.5 Å². The number of ether oxygens (including phenoxy) is 2. The second-order valence-electron chi connectivity index (χ2n) is 8.57. The van der Waals surface area contributed by atoms with E-state index in [1.54, 1.807) is 42.5 Å². The summed E-state index contributed by atoms with van der Waals surface area (Å²) in [6, 6.07) is 24.3. The molecule has 4 aromatic rings. The summed E-state index contributed by atoms with van der Waals surface area (Å²) in [5, 5.41) is 1.60. The van der Waals surface area contributed by atoms with E-state index in [9.17, 15) is 14.4 Å². The molecule has 0 N–H and O–H groups in total. The van der Waals surface area contributed by atoms with Crippen LogP contribution in [0.3, 0.4) is 0 Å². The molecule has 2 heterocycles. The van der Waals surface area contributed by atoms with Crippen LogP contribution >= 0.6 is 0 Å². The molecule has 36 heavy (non-hydrogen) atoms. The number of benzene rings is 4. The molecule has 0 aromatic heterocycles. The quantitative estimate of drug-likeness (QED) is 0.290. The van der Waals surface area contributed by atoms with Crippen LogP contribution in [0, 0.1) is 6.92 Å². The SMILES string of the molecule is Cc1ccc(N2C(=O)C(=Cc3ccc4c(c3)OCO4)C(=O)N(c3cccc4ccccc34)C2=O)cc1. The zero-order valence-corrected chi connectivity index (χ0v) is 19.3. The number of nitrogens with zero attached hydrogens (tertiary/aromatic N) is 2. The van der Waals surface area contributed by atoms with Crippen molar-refractivity contribution in [3.05, 3.63) is 102 Å². The Morgan fingerprint density at radius 1 is 0.750 bits per heavy atom. The monoisotopic (exact) mass is 476 g/mol. The van der Waals surface area contributed by atoms with Gasteiger partial charge < -0.3 is 9.47 Å². The lowest BCUT2D eigenvalue weighted by Gasteiger charge is -2.34. The van der Waals surface area contributed by atoms with Crippen molar-refractivity contribution in [1.29, 1.82) is 0 Å². The molecule has 0 aliphatic carbocycles. The van der Waals surface area contributed by atoms with Crippen molar-refractivity contribution in [2.24, 2.45) is 0 Å². The highest BCUT2D eigenvalue weighted by Gasteiger charge is 2.44. The fourth-order valence-electron chi connectivity index (χ4n) is 4.44. The van der Waals surface area contributed by atoms with Gasteiger partial charge in [0.25, 0.3) is 11.8 Å². The fourth-order valence-corrected chi connectivity index (χ4v) is 4.44. The number of barbiturate groups is 1. The van der Waals surface area contributed by atoms with Gasteiger partial charge in [-0.15, -0.1) is 0 Å². The van der Waals surface area contributed by atoms with E-state index in [0.29, 0.717) is 28.4 Å². The van der Waals surface area contributed by atoms with Gasteiger partial charge in [-0.1, -0.05) is 60.2 Å². The first kappa shape index (κ1) is 21.6. The van der Waals surface area contributed by atoms with E-state index in [1.807, 2.05) is 49.4 Å². The summed E-state index contributed by atoms with van der Waals surface area (Å²) in [4.78, 5) is 43.3. The second kappa shape index (κ2) is 8.39. The van der Waals surface area contributed by atoms with E-state index >= 15 is 0 Å². The summed E-state index contributed by atoms with van der Waals surface area (Å²) in [5.41, 5.74) is 2.21. The van der Waals surface area contributed by atoms with E-state index in [4.69, 9.17) is 9.47 Å². The molecule has 1 saturated heterocycles. The number of fused-ring (bicyclic) bond motifs is 2. The number of imide groups is 2. The Morgan fingerprint density at radius 2 is 1.47 bits per heavy atom. The molecule has 0 bridgehead atoms. The van der Waals surface area contributed by atoms with Gasteiger partial charge in [-0.2, -0.15) is 0 Å². The Morgan fingerprint density at radius 3 is 2.31 bits per heavy atom. The summed E-state index contributed by atoms with van der Waals surface area (Å²) in [6.45, 7) is 2.03. The molecule has 0 unspecified atom stereocenters. The number of aryl methyl sites for hydroxylation is 1. The Kier molecular flexibility index (Phi) is 5.04. The van der Waals surface area contributed by atoms with Gasteiger partial charge in [0.15, 0.2) is 11.5 Å². The highest BCUT2D eigenvalue weighted by Crippen LogP contribution is 2.36. The van der Waals surface area contributed by atoms with Crippen molar-refractivity contribution in [3.63, 3.8) is 0 Å². The van der Waals surface area contributed by atoms with Gasteiger partial charge in [0, 0.05) is 5.39 Å². The van der Waals surface area contributed by atoms with Gasteiger partial charge in [0.2, 0.25) is 6.79 Å². The molecule has 1 fully saturated rings. The van der Waals surface area contributed by atoms with Crippen molar-refractivity contribution in [2.45, 2.75) is 6.92 Å². The van der Waals surface area contributed by atoms with Crippen LogP contribution in [-0.4, -0.2) is 24.6 Å². The van der Waals surface area contributed by atoms with Crippen molar-refractivity contribution >= 4 is 46.1 Å². The first-order valence-electron chi connectivity index (χ1n) is 11.4. The smallest absolute Gasteiger partial charge is 0.343 e. The third-order valence-electron chi connectivity index (χ3n) is 6.26. The summed E-state index contributed by atoms with van der Waals surface area (Å²) < 4.78 is 10.8. The van der Waals surface area contributed by atoms with Gasteiger partial charge in [0.1, 0.15) is 5.57 Å². The lowest BCUT2D eigenvalue weighted by molar-refractivity contribution is -0.121.